The first-order chi connectivity index (χ1) is 12.6. The number of ether oxygens (including phenoxy) is 4. The van der Waals surface area contributed by atoms with Crippen molar-refractivity contribution in [3.63, 3.8) is 0 Å². The Hall–Kier alpha value is -1.14. The van der Waals surface area contributed by atoms with Gasteiger partial charge in [-0.3, -0.25) is 0 Å². The van der Waals surface area contributed by atoms with Crippen molar-refractivity contribution in [3.05, 3.63) is 29.3 Å². The number of likely N-dealkylation sites (N-methyl/N-ethyl adjacent to an activating group) is 1. The summed E-state index contributed by atoms with van der Waals surface area (Å²) in [6, 6.07) is 7.20. The van der Waals surface area contributed by atoms with Gasteiger partial charge in [-0.1, -0.05) is 6.07 Å². The van der Waals surface area contributed by atoms with Crippen molar-refractivity contribution in [2.24, 2.45) is 5.92 Å². The van der Waals surface area contributed by atoms with E-state index in [-0.39, 0.29) is 11.5 Å². The van der Waals surface area contributed by atoms with Crippen molar-refractivity contribution in [3.8, 4) is 5.75 Å². The van der Waals surface area contributed by atoms with E-state index in [9.17, 15) is 0 Å². The van der Waals surface area contributed by atoms with Crippen molar-refractivity contribution in [2.75, 3.05) is 41.0 Å². The number of methoxy groups -OCH3 is 2. The molecule has 2 bridgehead atoms. The van der Waals surface area contributed by atoms with E-state index < -0.39 is 5.79 Å². The lowest BCUT2D eigenvalue weighted by molar-refractivity contribution is -0.272. The summed E-state index contributed by atoms with van der Waals surface area (Å²) in [7, 11) is 5.83. The van der Waals surface area contributed by atoms with E-state index in [1.54, 1.807) is 14.2 Å². The first-order valence-electron chi connectivity index (χ1n) is 9.80. The van der Waals surface area contributed by atoms with Crippen LogP contribution in [-0.4, -0.2) is 63.9 Å². The van der Waals surface area contributed by atoms with Gasteiger partial charge in [0.15, 0.2) is 5.79 Å². The van der Waals surface area contributed by atoms with Crippen molar-refractivity contribution in [2.45, 2.75) is 49.0 Å². The van der Waals surface area contributed by atoms with Gasteiger partial charge in [0.25, 0.3) is 0 Å². The molecule has 3 fully saturated rings. The van der Waals surface area contributed by atoms with Crippen molar-refractivity contribution < 1.29 is 18.9 Å². The molecule has 4 aliphatic rings. The molecule has 142 valence electrons. The minimum atomic E-state index is -0.594. The van der Waals surface area contributed by atoms with Gasteiger partial charge >= 0.3 is 0 Å². The van der Waals surface area contributed by atoms with Crippen LogP contribution in [0.3, 0.4) is 0 Å². The third-order valence-corrected chi connectivity index (χ3v) is 7.51. The molecule has 4 atom stereocenters. The van der Waals surface area contributed by atoms with E-state index >= 15 is 0 Å². The Kier molecular flexibility index (Phi) is 3.87. The summed E-state index contributed by atoms with van der Waals surface area (Å²) in [4.78, 5) is 2.55. The van der Waals surface area contributed by atoms with Crippen LogP contribution in [0.1, 0.15) is 30.4 Å². The number of hydrogen-bond acceptors (Lipinski definition) is 5. The normalized spacial score (nSPS) is 38.0. The predicted octanol–water partition coefficient (Wildman–Crippen LogP) is 2.36. The van der Waals surface area contributed by atoms with Crippen LogP contribution in [0.25, 0.3) is 0 Å². The number of fused-ring (bicyclic) bond motifs is 1. The summed E-state index contributed by atoms with van der Waals surface area (Å²) in [6.45, 7) is 2.44. The van der Waals surface area contributed by atoms with Crippen molar-refractivity contribution in [1.29, 1.82) is 0 Å². The van der Waals surface area contributed by atoms with Gasteiger partial charge in [0.1, 0.15) is 11.9 Å². The largest absolute Gasteiger partial charge is 0.497 e. The predicted molar refractivity (Wildman–Crippen MR) is 97.6 cm³/mol. The quantitative estimate of drug-likeness (QED) is 0.811. The number of nitrogens with zero attached hydrogens (tertiary/aromatic N) is 1. The van der Waals surface area contributed by atoms with E-state index in [1.807, 2.05) is 0 Å². The summed E-state index contributed by atoms with van der Waals surface area (Å²) in [6.07, 6.45) is 4.11. The molecular formula is C21H29NO4. The van der Waals surface area contributed by atoms with E-state index in [0.29, 0.717) is 25.2 Å². The van der Waals surface area contributed by atoms with E-state index in [0.717, 1.165) is 38.0 Å². The second-order valence-electron chi connectivity index (χ2n) is 8.43. The molecule has 26 heavy (non-hydrogen) atoms. The van der Waals surface area contributed by atoms with Crippen LogP contribution < -0.4 is 4.74 Å². The first kappa shape index (κ1) is 17.0. The maximum absolute atomic E-state index is 6.23. The highest BCUT2D eigenvalue weighted by molar-refractivity contribution is 5.46. The van der Waals surface area contributed by atoms with Gasteiger partial charge in [-0.05, 0) is 62.0 Å². The minimum Gasteiger partial charge on any atom is -0.497 e. The molecule has 1 saturated carbocycles. The molecule has 2 saturated heterocycles. The van der Waals surface area contributed by atoms with Crippen LogP contribution in [0.15, 0.2) is 18.2 Å². The minimum absolute atomic E-state index is 0.00397. The van der Waals surface area contributed by atoms with Gasteiger partial charge in [-0.25, -0.2) is 0 Å². The molecule has 0 unspecified atom stereocenters. The van der Waals surface area contributed by atoms with Crippen LogP contribution >= 0.6 is 0 Å². The molecular weight excluding hydrogens is 330 g/mol. The highest BCUT2D eigenvalue weighted by Crippen LogP contribution is 2.59. The van der Waals surface area contributed by atoms with Crippen LogP contribution in [0.5, 0.6) is 5.75 Å². The van der Waals surface area contributed by atoms with Gasteiger partial charge in [-0.2, -0.15) is 0 Å². The summed E-state index contributed by atoms with van der Waals surface area (Å²) < 4.78 is 23.9. The molecule has 2 heterocycles. The Bertz CT molecular complexity index is 701. The van der Waals surface area contributed by atoms with E-state index in [2.05, 4.69) is 30.1 Å². The van der Waals surface area contributed by atoms with Crippen LogP contribution in [0, 0.1) is 5.92 Å². The monoisotopic (exact) mass is 359 g/mol. The molecule has 1 spiro atoms. The maximum atomic E-state index is 6.23. The fourth-order valence-corrected chi connectivity index (χ4v) is 6.28. The zero-order valence-corrected chi connectivity index (χ0v) is 16.0. The zero-order valence-electron chi connectivity index (χ0n) is 16.0. The second-order valence-corrected chi connectivity index (χ2v) is 8.43. The third kappa shape index (κ3) is 2.18. The second kappa shape index (κ2) is 5.93. The Balaban J connectivity index is 1.66. The number of hydrogen-bond donors (Lipinski definition) is 0. The molecule has 0 N–H and O–H groups in total. The lowest BCUT2D eigenvalue weighted by atomic mass is 9.50. The highest BCUT2D eigenvalue weighted by Gasteiger charge is 2.63. The molecule has 5 rings (SSSR count). The van der Waals surface area contributed by atoms with Crippen molar-refractivity contribution in [1.82, 2.24) is 4.90 Å². The Labute approximate surface area is 155 Å². The molecule has 5 nitrogen and oxygen atoms in total. The molecule has 5 heteroatoms. The number of piperidine rings is 1. The summed E-state index contributed by atoms with van der Waals surface area (Å²) in [5.74, 6) is 0.915. The fourth-order valence-electron chi connectivity index (χ4n) is 6.28. The van der Waals surface area contributed by atoms with Gasteiger partial charge in [-0.15, -0.1) is 0 Å². The summed E-state index contributed by atoms with van der Waals surface area (Å²) in [5.41, 5.74) is 3.00. The van der Waals surface area contributed by atoms with Gasteiger partial charge in [0.05, 0.1) is 20.3 Å². The average Bonchev–Trinajstić information content (AvgIpc) is 3.12. The van der Waals surface area contributed by atoms with Gasteiger partial charge in [0.2, 0.25) is 0 Å². The lowest BCUT2D eigenvalue weighted by Crippen LogP contribution is -2.67. The molecule has 0 aromatic heterocycles. The Morgan fingerprint density at radius 1 is 1.19 bits per heavy atom. The van der Waals surface area contributed by atoms with E-state index in [4.69, 9.17) is 18.9 Å². The standard InChI is InChI=1S/C21H29NO4/c1-22-7-6-20-13-21(25-8-9-26-21)19(24-3)12-17(20)18(22)10-14-4-5-15(23-2)11-16(14)20/h4-5,11,17-19H,6-10,12-13H2,1-3H3/t17-,18+,19+,20+/m0/s1. The smallest absolute Gasteiger partial charge is 0.195 e. The zero-order chi connectivity index (χ0) is 17.9. The molecule has 2 aliphatic carbocycles. The van der Waals surface area contributed by atoms with E-state index in [1.165, 1.54) is 11.1 Å². The first-order valence-corrected chi connectivity index (χ1v) is 9.80. The molecule has 1 aromatic carbocycles. The van der Waals surface area contributed by atoms with Gasteiger partial charge in [0, 0.05) is 25.0 Å². The van der Waals surface area contributed by atoms with Crippen LogP contribution in [0.2, 0.25) is 0 Å². The average molecular weight is 359 g/mol. The van der Waals surface area contributed by atoms with Crippen LogP contribution in [-0.2, 0) is 26.0 Å². The maximum Gasteiger partial charge on any atom is 0.195 e. The SMILES string of the molecule is COc1ccc2c(c1)[C@]13CCN(C)[C@H](C2)[C@@H]1C[C@@H](OC)C1(C3)OCCO1. The summed E-state index contributed by atoms with van der Waals surface area (Å²) in [5, 5.41) is 0. The molecule has 2 aliphatic heterocycles. The molecule has 1 aromatic rings. The molecule has 0 radical (unpaired) electrons. The Morgan fingerprint density at radius 3 is 2.73 bits per heavy atom. The topological polar surface area (TPSA) is 40.2 Å². The Morgan fingerprint density at radius 2 is 2.00 bits per heavy atom. The fraction of sp³-hybridized carbons (Fsp3) is 0.714. The highest BCUT2D eigenvalue weighted by atomic mass is 16.8. The molecule has 0 amide bonds. The van der Waals surface area contributed by atoms with Crippen molar-refractivity contribution >= 4 is 0 Å². The van der Waals surface area contributed by atoms with Gasteiger partial charge < -0.3 is 23.8 Å². The summed E-state index contributed by atoms with van der Waals surface area (Å²) >= 11 is 0. The lowest BCUT2D eigenvalue weighted by Gasteiger charge is -2.62. The number of rotatable bonds is 2. The number of likely N-dealkylation sites (tertiary alicyclic amines) is 1. The van der Waals surface area contributed by atoms with Crippen LogP contribution in [0.4, 0.5) is 0 Å². The number of benzene rings is 1. The third-order valence-electron chi connectivity index (χ3n) is 7.51.